The number of hydrogen-bond donors (Lipinski definition) is 2. The summed E-state index contributed by atoms with van der Waals surface area (Å²) in [5.41, 5.74) is 0.339. The second-order valence-corrected chi connectivity index (χ2v) is 8.24. The number of sulfone groups is 1. The lowest BCUT2D eigenvalue weighted by Gasteiger charge is -2.19. The van der Waals surface area contributed by atoms with Crippen molar-refractivity contribution in [2.75, 3.05) is 6.54 Å². The Labute approximate surface area is 156 Å². The van der Waals surface area contributed by atoms with Crippen molar-refractivity contribution in [3.63, 3.8) is 0 Å². The van der Waals surface area contributed by atoms with Crippen molar-refractivity contribution in [3.05, 3.63) is 60.2 Å². The Balaban J connectivity index is 2.29. The van der Waals surface area contributed by atoms with Crippen molar-refractivity contribution in [2.24, 2.45) is 0 Å². The molecule has 2 amide bonds. The van der Waals surface area contributed by atoms with Gasteiger partial charge in [-0.25, -0.2) is 12.8 Å². The SMILES string of the molecule is CC(C)NC(=O)C(=O)NC[C@@H](c1cccnc1)S(=O)(=O)c1ccc(F)cc1. The predicted molar refractivity (Wildman–Crippen MR) is 96.9 cm³/mol. The first-order valence-electron chi connectivity index (χ1n) is 8.20. The number of nitrogens with one attached hydrogen (secondary N) is 2. The van der Waals surface area contributed by atoms with E-state index in [4.69, 9.17) is 0 Å². The molecule has 9 heteroatoms. The van der Waals surface area contributed by atoms with Crippen molar-refractivity contribution in [2.45, 2.75) is 30.0 Å². The van der Waals surface area contributed by atoms with Crippen molar-refractivity contribution in [3.8, 4) is 0 Å². The highest BCUT2D eigenvalue weighted by atomic mass is 32.2. The molecule has 1 aromatic heterocycles. The molecule has 0 fully saturated rings. The summed E-state index contributed by atoms with van der Waals surface area (Å²) in [7, 11) is -3.97. The first-order chi connectivity index (χ1) is 12.7. The van der Waals surface area contributed by atoms with Crippen molar-refractivity contribution in [1.29, 1.82) is 0 Å². The van der Waals surface area contributed by atoms with Crippen molar-refractivity contribution >= 4 is 21.7 Å². The maximum Gasteiger partial charge on any atom is 0.309 e. The highest BCUT2D eigenvalue weighted by molar-refractivity contribution is 7.91. The van der Waals surface area contributed by atoms with E-state index in [0.29, 0.717) is 5.56 Å². The van der Waals surface area contributed by atoms with Crippen LogP contribution >= 0.6 is 0 Å². The fraction of sp³-hybridized carbons (Fsp3) is 0.278. The molecular weight excluding hydrogens is 373 g/mol. The minimum Gasteiger partial charge on any atom is -0.346 e. The van der Waals surface area contributed by atoms with Gasteiger partial charge in [0.1, 0.15) is 11.1 Å². The first-order valence-corrected chi connectivity index (χ1v) is 9.74. The summed E-state index contributed by atoms with van der Waals surface area (Å²) >= 11 is 0. The number of aromatic nitrogens is 1. The lowest BCUT2D eigenvalue weighted by molar-refractivity contribution is -0.139. The molecule has 0 aliphatic heterocycles. The van der Waals surface area contributed by atoms with E-state index < -0.39 is 32.7 Å². The van der Waals surface area contributed by atoms with E-state index in [-0.39, 0.29) is 17.5 Å². The molecule has 7 nitrogen and oxygen atoms in total. The molecular formula is C18H20FN3O4S. The van der Waals surface area contributed by atoms with Gasteiger partial charge in [-0.1, -0.05) is 6.07 Å². The Morgan fingerprint density at radius 1 is 1.11 bits per heavy atom. The molecule has 0 aliphatic carbocycles. The minimum atomic E-state index is -3.97. The highest BCUT2D eigenvalue weighted by Gasteiger charge is 2.30. The van der Waals surface area contributed by atoms with Gasteiger partial charge in [0.15, 0.2) is 9.84 Å². The van der Waals surface area contributed by atoms with Crippen molar-refractivity contribution < 1.29 is 22.4 Å². The van der Waals surface area contributed by atoms with E-state index in [1.165, 1.54) is 12.4 Å². The molecule has 0 radical (unpaired) electrons. The topological polar surface area (TPSA) is 105 Å². The molecule has 144 valence electrons. The van der Waals surface area contributed by atoms with E-state index in [2.05, 4.69) is 15.6 Å². The van der Waals surface area contributed by atoms with Crippen LogP contribution < -0.4 is 10.6 Å². The van der Waals surface area contributed by atoms with Crippen LogP contribution in [0.4, 0.5) is 4.39 Å². The molecule has 0 saturated carbocycles. The predicted octanol–water partition coefficient (Wildman–Crippen LogP) is 1.38. The lowest BCUT2D eigenvalue weighted by atomic mass is 10.2. The van der Waals surface area contributed by atoms with Gasteiger partial charge < -0.3 is 10.6 Å². The molecule has 1 atom stereocenters. The van der Waals surface area contributed by atoms with Crippen LogP contribution in [0.25, 0.3) is 0 Å². The van der Waals surface area contributed by atoms with Gasteiger partial charge >= 0.3 is 11.8 Å². The smallest absolute Gasteiger partial charge is 0.309 e. The third-order valence-electron chi connectivity index (χ3n) is 3.65. The zero-order valence-corrected chi connectivity index (χ0v) is 15.7. The van der Waals surface area contributed by atoms with Crippen LogP contribution in [0.15, 0.2) is 53.7 Å². The minimum absolute atomic E-state index is 0.0985. The Morgan fingerprint density at radius 2 is 1.78 bits per heavy atom. The molecule has 1 heterocycles. The Bertz CT molecular complexity index is 900. The summed E-state index contributed by atoms with van der Waals surface area (Å²) in [6, 6.07) is 7.28. The quantitative estimate of drug-likeness (QED) is 0.570. The van der Waals surface area contributed by atoms with Crippen LogP contribution in [-0.4, -0.2) is 37.8 Å². The molecule has 2 N–H and O–H groups in total. The van der Waals surface area contributed by atoms with Crippen LogP contribution in [0, 0.1) is 5.82 Å². The van der Waals surface area contributed by atoms with Gasteiger partial charge in [0.05, 0.1) is 4.90 Å². The number of pyridine rings is 1. The van der Waals surface area contributed by atoms with Gasteiger partial charge in [-0.2, -0.15) is 0 Å². The fourth-order valence-electron chi connectivity index (χ4n) is 2.36. The second-order valence-electron chi connectivity index (χ2n) is 6.11. The summed E-state index contributed by atoms with van der Waals surface area (Å²) in [5, 5.41) is 3.58. The summed E-state index contributed by atoms with van der Waals surface area (Å²) < 4.78 is 39.1. The maximum atomic E-state index is 13.1. The number of carbonyl (C=O) groups excluding carboxylic acids is 2. The highest BCUT2D eigenvalue weighted by Crippen LogP contribution is 2.28. The normalized spacial score (nSPS) is 12.4. The number of carbonyl (C=O) groups is 2. The number of benzene rings is 1. The maximum absolute atomic E-state index is 13.1. The standard InChI is InChI=1S/C18H20FN3O4S/c1-12(2)22-18(24)17(23)21-11-16(13-4-3-9-20-10-13)27(25,26)15-7-5-14(19)6-8-15/h3-10,12,16H,11H2,1-2H3,(H,21,23)(H,22,24)/t16-/m0/s1. The molecule has 2 rings (SSSR count). The van der Waals surface area contributed by atoms with E-state index >= 15 is 0 Å². The summed E-state index contributed by atoms with van der Waals surface area (Å²) in [6.45, 7) is 3.06. The van der Waals surface area contributed by atoms with Crippen LogP contribution in [0.3, 0.4) is 0 Å². The second kappa shape index (κ2) is 8.72. The van der Waals surface area contributed by atoms with Gasteiger partial charge in [-0.05, 0) is 49.7 Å². The molecule has 27 heavy (non-hydrogen) atoms. The van der Waals surface area contributed by atoms with Crippen LogP contribution in [-0.2, 0) is 19.4 Å². The summed E-state index contributed by atoms with van der Waals surface area (Å²) in [6.07, 6.45) is 2.85. The zero-order valence-electron chi connectivity index (χ0n) is 14.8. The average Bonchev–Trinajstić information content (AvgIpc) is 2.62. The average molecular weight is 393 g/mol. The van der Waals surface area contributed by atoms with E-state index in [1.807, 2.05) is 0 Å². The van der Waals surface area contributed by atoms with Gasteiger partial charge in [-0.15, -0.1) is 0 Å². The summed E-state index contributed by atoms with van der Waals surface area (Å²) in [5.74, 6) is -2.36. The number of hydrogen-bond acceptors (Lipinski definition) is 5. The van der Waals surface area contributed by atoms with E-state index in [9.17, 15) is 22.4 Å². The van der Waals surface area contributed by atoms with Crippen LogP contribution in [0.2, 0.25) is 0 Å². The molecule has 0 spiro atoms. The zero-order chi connectivity index (χ0) is 20.0. The number of rotatable bonds is 6. The van der Waals surface area contributed by atoms with Gasteiger partial charge in [0.25, 0.3) is 0 Å². The number of amides is 2. The van der Waals surface area contributed by atoms with Gasteiger partial charge in [0.2, 0.25) is 0 Å². The molecule has 2 aromatic rings. The van der Waals surface area contributed by atoms with Gasteiger partial charge in [-0.3, -0.25) is 14.6 Å². The van der Waals surface area contributed by atoms with Crippen LogP contribution in [0.5, 0.6) is 0 Å². The Hall–Kier alpha value is -2.81. The Morgan fingerprint density at radius 3 is 2.33 bits per heavy atom. The molecule has 0 bridgehead atoms. The fourth-order valence-corrected chi connectivity index (χ4v) is 4.00. The summed E-state index contributed by atoms with van der Waals surface area (Å²) in [4.78, 5) is 27.5. The van der Waals surface area contributed by atoms with Crippen molar-refractivity contribution in [1.82, 2.24) is 15.6 Å². The first kappa shape index (κ1) is 20.5. The molecule has 0 unspecified atom stereocenters. The molecule has 0 aliphatic rings. The van der Waals surface area contributed by atoms with E-state index in [0.717, 1.165) is 24.3 Å². The van der Waals surface area contributed by atoms with Crippen LogP contribution in [0.1, 0.15) is 24.7 Å². The number of nitrogens with zero attached hydrogens (tertiary/aromatic N) is 1. The third-order valence-corrected chi connectivity index (χ3v) is 5.76. The molecule has 0 saturated heterocycles. The molecule has 1 aromatic carbocycles. The van der Waals surface area contributed by atoms with Gasteiger partial charge in [0, 0.05) is 25.0 Å². The lowest BCUT2D eigenvalue weighted by Crippen LogP contribution is -2.44. The Kier molecular flexibility index (Phi) is 6.62. The third kappa shape index (κ3) is 5.33. The number of halogens is 1. The van der Waals surface area contributed by atoms with E-state index in [1.54, 1.807) is 26.0 Å². The largest absolute Gasteiger partial charge is 0.346 e. The monoisotopic (exact) mass is 393 g/mol.